The second kappa shape index (κ2) is 7.07. The lowest BCUT2D eigenvalue weighted by molar-refractivity contribution is 0.174. The van der Waals surface area contributed by atoms with E-state index in [-0.39, 0.29) is 6.79 Å². The van der Waals surface area contributed by atoms with Crippen molar-refractivity contribution >= 4 is 16.1 Å². The molecule has 0 unspecified atom stereocenters. The Morgan fingerprint density at radius 3 is 2.62 bits per heavy atom. The average Bonchev–Trinajstić information content (AvgIpc) is 3.02. The van der Waals surface area contributed by atoms with Gasteiger partial charge in [0.15, 0.2) is 11.5 Å². The van der Waals surface area contributed by atoms with Crippen molar-refractivity contribution in [3.63, 3.8) is 0 Å². The second-order valence-corrected chi connectivity index (χ2v) is 7.24. The molecule has 0 radical (unpaired) electrons. The predicted molar refractivity (Wildman–Crippen MR) is 93.4 cm³/mol. The lowest BCUT2D eigenvalue weighted by Gasteiger charge is -2.04. The van der Waals surface area contributed by atoms with Crippen LogP contribution in [0.15, 0.2) is 47.9 Å². The van der Waals surface area contributed by atoms with Gasteiger partial charge in [0.05, 0.1) is 0 Å². The van der Waals surface area contributed by atoms with Gasteiger partial charge >= 0.3 is 0 Å². The lowest BCUT2D eigenvalue weighted by atomic mass is 10.1. The molecule has 1 aliphatic rings. The minimum atomic E-state index is -3.46. The molecule has 3 rings (SSSR count). The summed E-state index contributed by atoms with van der Waals surface area (Å²) in [6.07, 6.45) is 2.16. The van der Waals surface area contributed by atoms with Crippen LogP contribution in [0.5, 0.6) is 11.5 Å². The molecule has 126 valence electrons. The van der Waals surface area contributed by atoms with Gasteiger partial charge in [0, 0.05) is 12.0 Å². The summed E-state index contributed by atoms with van der Waals surface area (Å²) in [5, 5.41) is 1.19. The van der Waals surface area contributed by atoms with E-state index < -0.39 is 10.0 Å². The van der Waals surface area contributed by atoms with Gasteiger partial charge in [-0.1, -0.05) is 35.9 Å². The molecule has 1 aliphatic heterocycles. The van der Waals surface area contributed by atoms with Crippen LogP contribution in [0.4, 0.5) is 0 Å². The van der Waals surface area contributed by atoms with E-state index >= 15 is 0 Å². The summed E-state index contributed by atoms with van der Waals surface area (Å²) in [6, 6.07) is 13.3. The van der Waals surface area contributed by atoms with Gasteiger partial charge in [-0.3, -0.25) is 0 Å². The largest absolute Gasteiger partial charge is 0.454 e. The zero-order chi connectivity index (χ0) is 17.0. The molecule has 1 heterocycles. The van der Waals surface area contributed by atoms with Crippen molar-refractivity contribution in [2.75, 3.05) is 13.3 Å². The SMILES string of the molecule is Cc1ccc(C=CS(=O)(=O)NCCc2ccc3c(c2)OCO3)cc1. The quantitative estimate of drug-likeness (QED) is 0.874. The topological polar surface area (TPSA) is 64.6 Å². The van der Waals surface area contributed by atoms with E-state index in [0.29, 0.717) is 18.7 Å². The number of hydrogen-bond donors (Lipinski definition) is 1. The van der Waals surface area contributed by atoms with Crippen LogP contribution >= 0.6 is 0 Å². The van der Waals surface area contributed by atoms with Crippen molar-refractivity contribution in [1.82, 2.24) is 4.72 Å². The fourth-order valence-corrected chi connectivity index (χ4v) is 3.15. The normalized spacial score (nSPS) is 13.5. The second-order valence-electron chi connectivity index (χ2n) is 5.59. The molecule has 0 aliphatic carbocycles. The maximum atomic E-state index is 12.0. The predicted octanol–water partition coefficient (Wildman–Crippen LogP) is 2.86. The molecule has 0 saturated carbocycles. The highest BCUT2D eigenvalue weighted by molar-refractivity contribution is 7.92. The molecular formula is C18H19NO4S. The molecular weight excluding hydrogens is 326 g/mol. The summed E-state index contributed by atoms with van der Waals surface area (Å²) >= 11 is 0. The molecule has 0 saturated heterocycles. The van der Waals surface area contributed by atoms with Gasteiger partial charge in [0.1, 0.15) is 0 Å². The minimum Gasteiger partial charge on any atom is -0.454 e. The Labute approximate surface area is 142 Å². The maximum Gasteiger partial charge on any atom is 0.233 e. The number of nitrogens with one attached hydrogen (secondary N) is 1. The molecule has 1 N–H and O–H groups in total. The lowest BCUT2D eigenvalue weighted by Crippen LogP contribution is -2.23. The Bertz CT molecular complexity index is 842. The fraction of sp³-hybridized carbons (Fsp3) is 0.222. The number of ether oxygens (including phenoxy) is 2. The first kappa shape index (κ1) is 16.5. The number of hydrogen-bond acceptors (Lipinski definition) is 4. The highest BCUT2D eigenvalue weighted by Gasteiger charge is 2.13. The van der Waals surface area contributed by atoms with E-state index in [1.165, 1.54) is 5.41 Å². The Morgan fingerprint density at radius 2 is 1.83 bits per heavy atom. The van der Waals surface area contributed by atoms with Gasteiger partial charge in [-0.2, -0.15) is 0 Å². The zero-order valence-corrected chi connectivity index (χ0v) is 14.2. The van der Waals surface area contributed by atoms with Crippen molar-refractivity contribution in [1.29, 1.82) is 0 Å². The molecule has 0 spiro atoms. The Hall–Kier alpha value is -2.31. The first-order valence-electron chi connectivity index (χ1n) is 7.65. The first-order chi connectivity index (χ1) is 11.5. The molecule has 5 nitrogen and oxygen atoms in total. The molecule has 0 amide bonds. The fourth-order valence-electron chi connectivity index (χ4n) is 2.33. The van der Waals surface area contributed by atoms with Gasteiger partial charge in [-0.05, 0) is 42.7 Å². The third-order valence-corrected chi connectivity index (χ3v) is 4.77. The van der Waals surface area contributed by atoms with Crippen LogP contribution in [0.25, 0.3) is 6.08 Å². The summed E-state index contributed by atoms with van der Waals surface area (Å²) in [7, 11) is -3.46. The smallest absolute Gasteiger partial charge is 0.233 e. The van der Waals surface area contributed by atoms with Crippen molar-refractivity contribution in [2.24, 2.45) is 0 Å². The van der Waals surface area contributed by atoms with Crippen LogP contribution in [0.2, 0.25) is 0 Å². The number of benzene rings is 2. The third-order valence-electron chi connectivity index (χ3n) is 3.67. The van der Waals surface area contributed by atoms with Gasteiger partial charge in [0.25, 0.3) is 0 Å². The van der Waals surface area contributed by atoms with Gasteiger partial charge < -0.3 is 9.47 Å². The van der Waals surface area contributed by atoms with E-state index in [4.69, 9.17) is 9.47 Å². The monoisotopic (exact) mass is 345 g/mol. The van der Waals surface area contributed by atoms with Crippen molar-refractivity contribution in [2.45, 2.75) is 13.3 Å². The van der Waals surface area contributed by atoms with Crippen molar-refractivity contribution in [3.8, 4) is 11.5 Å². The van der Waals surface area contributed by atoms with Crippen molar-refractivity contribution in [3.05, 3.63) is 64.6 Å². The van der Waals surface area contributed by atoms with Gasteiger partial charge in [-0.15, -0.1) is 0 Å². The Morgan fingerprint density at radius 1 is 1.08 bits per heavy atom. The Kier molecular flexibility index (Phi) is 4.87. The van der Waals surface area contributed by atoms with E-state index in [1.807, 2.05) is 49.4 Å². The standard InChI is InChI=1S/C18H19NO4S/c1-14-2-4-15(5-3-14)9-11-24(20,21)19-10-8-16-6-7-17-18(12-16)23-13-22-17/h2-7,9,11-12,19H,8,10,13H2,1H3. The molecule has 6 heteroatoms. The molecule has 0 atom stereocenters. The van der Waals surface area contributed by atoms with Crippen LogP contribution in [-0.2, 0) is 16.4 Å². The van der Waals surface area contributed by atoms with E-state index in [1.54, 1.807) is 6.08 Å². The summed E-state index contributed by atoms with van der Waals surface area (Å²) < 4.78 is 37.1. The van der Waals surface area contributed by atoms with Crippen LogP contribution in [0, 0.1) is 6.92 Å². The van der Waals surface area contributed by atoms with E-state index in [2.05, 4.69) is 4.72 Å². The number of sulfonamides is 1. The van der Waals surface area contributed by atoms with E-state index in [9.17, 15) is 8.42 Å². The number of aryl methyl sites for hydroxylation is 1. The molecule has 2 aromatic rings. The van der Waals surface area contributed by atoms with Gasteiger partial charge in [-0.25, -0.2) is 13.1 Å². The summed E-state index contributed by atoms with van der Waals surface area (Å²) in [6.45, 7) is 2.54. The molecule has 2 aromatic carbocycles. The van der Waals surface area contributed by atoms with Crippen LogP contribution in [0.3, 0.4) is 0 Å². The Balaban J connectivity index is 1.54. The molecule has 24 heavy (non-hydrogen) atoms. The maximum absolute atomic E-state index is 12.0. The summed E-state index contributed by atoms with van der Waals surface area (Å²) in [5.41, 5.74) is 2.98. The highest BCUT2D eigenvalue weighted by atomic mass is 32.2. The zero-order valence-electron chi connectivity index (χ0n) is 13.4. The van der Waals surface area contributed by atoms with Crippen LogP contribution in [-0.4, -0.2) is 21.8 Å². The van der Waals surface area contributed by atoms with Gasteiger partial charge in [0.2, 0.25) is 16.8 Å². The first-order valence-corrected chi connectivity index (χ1v) is 9.19. The average molecular weight is 345 g/mol. The summed E-state index contributed by atoms with van der Waals surface area (Å²) in [4.78, 5) is 0. The van der Waals surface area contributed by atoms with Crippen molar-refractivity contribution < 1.29 is 17.9 Å². The van der Waals surface area contributed by atoms with Crippen LogP contribution < -0.4 is 14.2 Å². The molecule has 0 fully saturated rings. The molecule has 0 aromatic heterocycles. The highest BCUT2D eigenvalue weighted by Crippen LogP contribution is 2.32. The third kappa shape index (κ3) is 4.37. The van der Waals surface area contributed by atoms with Crippen LogP contribution in [0.1, 0.15) is 16.7 Å². The minimum absolute atomic E-state index is 0.231. The summed E-state index contributed by atoms with van der Waals surface area (Å²) in [5.74, 6) is 1.43. The van der Waals surface area contributed by atoms with E-state index in [0.717, 1.165) is 22.4 Å². The molecule has 0 bridgehead atoms. The number of rotatable bonds is 6. The number of fused-ring (bicyclic) bond motifs is 1.